The van der Waals surface area contributed by atoms with Crippen molar-refractivity contribution in [1.82, 2.24) is 0 Å². The third-order valence-corrected chi connectivity index (χ3v) is 4.16. The predicted molar refractivity (Wildman–Crippen MR) is 100 cm³/mol. The molecule has 0 aliphatic rings. The summed E-state index contributed by atoms with van der Waals surface area (Å²) >= 11 is 0. The summed E-state index contributed by atoms with van der Waals surface area (Å²) in [5, 5.41) is 12.7. The van der Waals surface area contributed by atoms with Crippen molar-refractivity contribution in [2.24, 2.45) is 0 Å². The van der Waals surface area contributed by atoms with E-state index in [4.69, 9.17) is 0 Å². The summed E-state index contributed by atoms with van der Waals surface area (Å²) in [7, 11) is 0. The molecule has 0 fully saturated rings. The highest BCUT2D eigenvalue weighted by atomic mass is 16.3. The highest BCUT2D eigenvalue weighted by Gasteiger charge is 2.22. The Balaban J connectivity index is 1.91. The molecule has 0 saturated heterocycles. The van der Waals surface area contributed by atoms with Crippen molar-refractivity contribution in [1.29, 1.82) is 0 Å². The Morgan fingerprint density at radius 1 is 0.800 bits per heavy atom. The van der Waals surface area contributed by atoms with Gasteiger partial charge in [0.2, 0.25) is 5.91 Å². The lowest BCUT2D eigenvalue weighted by atomic mass is 9.90. The van der Waals surface area contributed by atoms with Crippen LogP contribution in [0.1, 0.15) is 35.6 Å². The van der Waals surface area contributed by atoms with Crippen molar-refractivity contribution in [2.75, 3.05) is 5.32 Å². The van der Waals surface area contributed by atoms with Gasteiger partial charge in [-0.05, 0) is 35.7 Å². The molecule has 3 heteroatoms. The van der Waals surface area contributed by atoms with Gasteiger partial charge in [0.25, 0.3) is 0 Å². The second kappa shape index (κ2) is 7.77. The molecule has 0 aliphatic carbocycles. The van der Waals surface area contributed by atoms with Crippen molar-refractivity contribution in [3.63, 3.8) is 0 Å². The average molecular weight is 331 g/mol. The van der Waals surface area contributed by atoms with Crippen molar-refractivity contribution < 1.29 is 9.90 Å². The molecule has 1 amide bonds. The van der Waals surface area contributed by atoms with E-state index < -0.39 is 12.0 Å². The Morgan fingerprint density at radius 3 is 1.84 bits per heavy atom. The fraction of sp³-hybridized carbons (Fsp3) is 0.136. The van der Waals surface area contributed by atoms with Gasteiger partial charge in [0.05, 0.1) is 12.0 Å². The Labute approximate surface area is 148 Å². The summed E-state index contributed by atoms with van der Waals surface area (Å²) in [5.74, 6) is -0.488. The Kier molecular flexibility index (Phi) is 5.26. The summed E-state index contributed by atoms with van der Waals surface area (Å²) in [5.41, 5.74) is 3.34. The lowest BCUT2D eigenvalue weighted by Gasteiger charge is -2.18. The van der Waals surface area contributed by atoms with E-state index in [0.717, 1.165) is 16.7 Å². The number of carbonyl (C=O) groups is 1. The lowest BCUT2D eigenvalue weighted by Crippen LogP contribution is -2.22. The van der Waals surface area contributed by atoms with E-state index in [2.05, 4.69) is 5.32 Å². The molecule has 126 valence electrons. The number of rotatable bonds is 5. The largest absolute Gasteiger partial charge is 0.389 e. The summed E-state index contributed by atoms with van der Waals surface area (Å²) in [6.07, 6.45) is -0.573. The topological polar surface area (TPSA) is 49.3 Å². The Hall–Kier alpha value is -2.91. The molecule has 0 spiro atoms. The van der Waals surface area contributed by atoms with Gasteiger partial charge in [-0.1, -0.05) is 72.8 Å². The van der Waals surface area contributed by atoms with Crippen LogP contribution in [-0.4, -0.2) is 11.0 Å². The molecule has 0 saturated carbocycles. The van der Waals surface area contributed by atoms with Crippen LogP contribution in [0.3, 0.4) is 0 Å². The number of benzene rings is 3. The highest BCUT2D eigenvalue weighted by Crippen LogP contribution is 2.27. The number of nitrogens with one attached hydrogen (secondary N) is 1. The molecule has 0 radical (unpaired) electrons. The molecule has 3 aromatic rings. The number of carbonyl (C=O) groups excluding carboxylic acids is 1. The van der Waals surface area contributed by atoms with Gasteiger partial charge < -0.3 is 10.4 Å². The van der Waals surface area contributed by atoms with Gasteiger partial charge in [-0.15, -0.1) is 0 Å². The summed E-state index contributed by atoms with van der Waals surface area (Å²) in [6.45, 7) is 1.71. The predicted octanol–water partition coefficient (Wildman–Crippen LogP) is 4.51. The van der Waals surface area contributed by atoms with Crippen molar-refractivity contribution in [3.8, 4) is 0 Å². The van der Waals surface area contributed by atoms with Crippen LogP contribution in [0.5, 0.6) is 0 Å². The van der Waals surface area contributed by atoms with Crippen molar-refractivity contribution in [2.45, 2.75) is 18.9 Å². The van der Waals surface area contributed by atoms with E-state index in [1.54, 1.807) is 13.0 Å². The number of hydrogen-bond donors (Lipinski definition) is 2. The molecule has 0 unspecified atom stereocenters. The summed E-state index contributed by atoms with van der Waals surface area (Å²) in [4.78, 5) is 13.0. The van der Waals surface area contributed by atoms with Crippen LogP contribution < -0.4 is 5.32 Å². The molecule has 0 aromatic heterocycles. The van der Waals surface area contributed by atoms with Gasteiger partial charge in [-0.3, -0.25) is 4.79 Å². The molecule has 0 aliphatic heterocycles. The van der Waals surface area contributed by atoms with E-state index in [1.807, 2.05) is 78.9 Å². The van der Waals surface area contributed by atoms with Crippen LogP contribution in [0.2, 0.25) is 0 Å². The zero-order valence-corrected chi connectivity index (χ0v) is 14.1. The second-order valence-corrected chi connectivity index (χ2v) is 6.05. The third kappa shape index (κ3) is 4.14. The minimum atomic E-state index is -0.573. The number of aliphatic hydroxyl groups is 1. The molecule has 3 nitrogen and oxygen atoms in total. The maximum atomic E-state index is 13.0. The Morgan fingerprint density at radius 2 is 1.32 bits per heavy atom. The first-order valence-electron chi connectivity index (χ1n) is 8.34. The molecule has 3 rings (SSSR count). The summed E-state index contributed by atoms with van der Waals surface area (Å²) < 4.78 is 0. The average Bonchev–Trinajstić information content (AvgIpc) is 2.64. The van der Waals surface area contributed by atoms with Crippen molar-refractivity contribution in [3.05, 3.63) is 102 Å². The quantitative estimate of drug-likeness (QED) is 0.722. The van der Waals surface area contributed by atoms with Gasteiger partial charge >= 0.3 is 0 Å². The molecular weight excluding hydrogens is 310 g/mol. The van der Waals surface area contributed by atoms with E-state index in [-0.39, 0.29) is 5.91 Å². The molecule has 2 N–H and O–H groups in total. The maximum absolute atomic E-state index is 13.0. The first kappa shape index (κ1) is 16.9. The normalized spacial score (nSPS) is 12.0. The minimum absolute atomic E-state index is 0.0971. The van der Waals surface area contributed by atoms with Gasteiger partial charge in [0.1, 0.15) is 0 Å². The molecule has 0 heterocycles. The van der Waals surface area contributed by atoms with Crippen LogP contribution in [-0.2, 0) is 4.79 Å². The monoisotopic (exact) mass is 331 g/mol. The van der Waals surface area contributed by atoms with Gasteiger partial charge in [-0.25, -0.2) is 0 Å². The van der Waals surface area contributed by atoms with Crippen LogP contribution in [0.15, 0.2) is 84.9 Å². The lowest BCUT2D eigenvalue weighted by molar-refractivity contribution is -0.116. The van der Waals surface area contributed by atoms with E-state index in [1.165, 1.54) is 0 Å². The molecular formula is C22H21NO2. The van der Waals surface area contributed by atoms with Gasteiger partial charge in [0, 0.05) is 5.69 Å². The summed E-state index contributed by atoms with van der Waals surface area (Å²) in [6, 6.07) is 26.8. The first-order valence-corrected chi connectivity index (χ1v) is 8.34. The maximum Gasteiger partial charge on any atom is 0.236 e. The second-order valence-electron chi connectivity index (χ2n) is 6.05. The van der Waals surface area contributed by atoms with Crippen LogP contribution in [0.25, 0.3) is 0 Å². The zero-order chi connectivity index (χ0) is 17.6. The number of hydrogen-bond acceptors (Lipinski definition) is 2. The van der Waals surface area contributed by atoms with E-state index in [0.29, 0.717) is 5.69 Å². The number of anilines is 1. The van der Waals surface area contributed by atoms with Crippen LogP contribution in [0, 0.1) is 0 Å². The van der Waals surface area contributed by atoms with E-state index in [9.17, 15) is 9.90 Å². The fourth-order valence-electron chi connectivity index (χ4n) is 2.88. The first-order chi connectivity index (χ1) is 12.1. The number of aliphatic hydroxyl groups excluding tert-OH is 1. The van der Waals surface area contributed by atoms with Crippen LogP contribution >= 0.6 is 0 Å². The zero-order valence-electron chi connectivity index (χ0n) is 14.1. The molecule has 1 atom stereocenters. The minimum Gasteiger partial charge on any atom is -0.389 e. The van der Waals surface area contributed by atoms with Gasteiger partial charge in [0.15, 0.2) is 0 Å². The standard InChI is InChI=1S/C22H21NO2/c1-16(24)19-13-8-14-20(15-19)23-22(25)21(17-9-4-2-5-10-17)18-11-6-3-7-12-18/h2-16,21,24H,1H3,(H,23,25)/t16-/m0/s1. The van der Waals surface area contributed by atoms with Crippen molar-refractivity contribution >= 4 is 11.6 Å². The highest BCUT2D eigenvalue weighted by molar-refractivity contribution is 5.98. The fourth-order valence-corrected chi connectivity index (χ4v) is 2.88. The SMILES string of the molecule is C[C@H](O)c1cccc(NC(=O)C(c2ccccc2)c2ccccc2)c1. The molecule has 0 bridgehead atoms. The molecule has 25 heavy (non-hydrogen) atoms. The van der Waals surface area contributed by atoms with Gasteiger partial charge in [-0.2, -0.15) is 0 Å². The molecule has 3 aromatic carbocycles. The Bertz CT molecular complexity index is 789. The number of amides is 1. The van der Waals surface area contributed by atoms with E-state index >= 15 is 0 Å². The third-order valence-electron chi connectivity index (χ3n) is 4.16. The van der Waals surface area contributed by atoms with Crippen LogP contribution in [0.4, 0.5) is 5.69 Å². The smallest absolute Gasteiger partial charge is 0.236 e.